The number of amides is 1. The third-order valence-corrected chi connectivity index (χ3v) is 7.63. The number of nitrogens with zero attached hydrogens (tertiary/aromatic N) is 7. The third-order valence-electron chi connectivity index (χ3n) is 7.40. The molecule has 5 heterocycles. The van der Waals surface area contributed by atoms with Gasteiger partial charge in [0.1, 0.15) is 0 Å². The third kappa shape index (κ3) is 5.51. The van der Waals surface area contributed by atoms with E-state index in [2.05, 4.69) is 35.7 Å². The molecule has 212 valence electrons. The Kier molecular flexibility index (Phi) is 7.49. The quantitative estimate of drug-likeness (QED) is 0.294. The Morgan fingerprint density at radius 3 is 2.64 bits per heavy atom. The van der Waals surface area contributed by atoms with Crippen molar-refractivity contribution in [3.8, 4) is 22.5 Å². The van der Waals surface area contributed by atoms with Gasteiger partial charge in [-0.15, -0.1) is 0 Å². The predicted octanol–water partition coefficient (Wildman–Crippen LogP) is 5.24. The van der Waals surface area contributed by atoms with Crippen molar-refractivity contribution in [3.63, 3.8) is 0 Å². The van der Waals surface area contributed by atoms with E-state index in [1.165, 1.54) is 6.07 Å². The van der Waals surface area contributed by atoms with Crippen molar-refractivity contribution >= 4 is 34.8 Å². The lowest BCUT2D eigenvalue weighted by Gasteiger charge is -2.22. The highest BCUT2D eigenvalue weighted by Crippen LogP contribution is 2.33. The number of hydrogen-bond acceptors (Lipinski definition) is 8. The Hall–Kier alpha value is -4.90. The number of anilines is 3. The summed E-state index contributed by atoms with van der Waals surface area (Å²) >= 11 is 6.34. The van der Waals surface area contributed by atoms with E-state index in [9.17, 15) is 9.59 Å². The summed E-state index contributed by atoms with van der Waals surface area (Å²) in [6, 6.07) is 11.9. The number of carbonyl (C=O) groups is 1. The summed E-state index contributed by atoms with van der Waals surface area (Å²) in [7, 11) is 1.83. The standard InChI is InChI=1S/C30H28ClN9O2/c1-18-5-3-6-26(24-13-19(9-12-32-24)28-25(37-29(18)42)16-36-39(28)2)40-17-35-23(15-27(40)41)21-14-20(31)7-8-22(21)38-30-33-10-4-11-34-30/h4,7-18,26H,3,5-6H2,1-2H3,(H,37,42)(H,33,34,38)/t18-,26+/m1/s1. The zero-order chi connectivity index (χ0) is 29.2. The van der Waals surface area contributed by atoms with E-state index in [4.69, 9.17) is 11.6 Å². The van der Waals surface area contributed by atoms with Crippen LogP contribution in [0.1, 0.15) is 37.9 Å². The van der Waals surface area contributed by atoms with Gasteiger partial charge in [-0.3, -0.25) is 23.8 Å². The second-order valence-corrected chi connectivity index (χ2v) is 10.7. The Bertz CT molecular complexity index is 1820. The lowest BCUT2D eigenvalue weighted by molar-refractivity contribution is -0.119. The molecule has 1 amide bonds. The van der Waals surface area contributed by atoms with Crippen LogP contribution in [0.15, 0.2) is 78.4 Å². The molecular weight excluding hydrogens is 554 g/mol. The average molecular weight is 582 g/mol. The van der Waals surface area contributed by atoms with Crippen LogP contribution in [-0.4, -0.2) is 40.2 Å². The lowest BCUT2D eigenvalue weighted by Crippen LogP contribution is -2.27. The smallest absolute Gasteiger partial charge is 0.254 e. The zero-order valence-electron chi connectivity index (χ0n) is 23.0. The fraction of sp³-hybridized carbons (Fsp3) is 0.233. The highest BCUT2D eigenvalue weighted by Gasteiger charge is 2.24. The van der Waals surface area contributed by atoms with Crippen LogP contribution < -0.4 is 16.2 Å². The summed E-state index contributed by atoms with van der Waals surface area (Å²) < 4.78 is 3.33. The Morgan fingerprint density at radius 2 is 1.83 bits per heavy atom. The maximum absolute atomic E-state index is 13.7. The number of nitrogens with one attached hydrogen (secondary N) is 2. The van der Waals surface area contributed by atoms with Gasteiger partial charge in [0.25, 0.3) is 5.56 Å². The van der Waals surface area contributed by atoms with Crippen LogP contribution in [0.25, 0.3) is 22.5 Å². The molecule has 0 unspecified atom stereocenters. The summed E-state index contributed by atoms with van der Waals surface area (Å²) in [4.78, 5) is 44.4. The molecule has 0 spiro atoms. The molecule has 0 aliphatic carbocycles. The minimum Gasteiger partial charge on any atom is -0.324 e. The molecule has 4 aromatic heterocycles. The van der Waals surface area contributed by atoms with E-state index in [0.29, 0.717) is 52.9 Å². The second-order valence-electron chi connectivity index (χ2n) is 10.2. The first-order valence-corrected chi connectivity index (χ1v) is 14.0. The number of aryl methyl sites for hydroxylation is 1. The minimum absolute atomic E-state index is 0.0642. The molecule has 2 atom stereocenters. The number of pyridine rings is 1. The number of fused-ring (bicyclic) bond motifs is 4. The van der Waals surface area contributed by atoms with Crippen molar-refractivity contribution in [2.45, 2.75) is 32.2 Å². The molecule has 2 bridgehead atoms. The number of benzene rings is 1. The zero-order valence-corrected chi connectivity index (χ0v) is 23.8. The lowest BCUT2D eigenvalue weighted by atomic mass is 9.97. The molecule has 1 aromatic carbocycles. The van der Waals surface area contributed by atoms with Gasteiger partial charge >= 0.3 is 0 Å². The van der Waals surface area contributed by atoms with Gasteiger partial charge in [-0.25, -0.2) is 15.0 Å². The summed E-state index contributed by atoms with van der Waals surface area (Å²) in [5, 5.41) is 11.1. The second kappa shape index (κ2) is 11.5. The van der Waals surface area contributed by atoms with E-state index in [1.54, 1.807) is 64.6 Å². The predicted molar refractivity (Wildman–Crippen MR) is 160 cm³/mol. The largest absolute Gasteiger partial charge is 0.324 e. The number of aromatic nitrogens is 7. The minimum atomic E-state index is -0.389. The number of carbonyl (C=O) groups excluding carboxylic acids is 1. The summed E-state index contributed by atoms with van der Waals surface area (Å²) in [5.74, 6) is 0.128. The molecule has 2 N–H and O–H groups in total. The first-order chi connectivity index (χ1) is 20.4. The molecule has 1 aliphatic heterocycles. The van der Waals surface area contributed by atoms with Crippen LogP contribution in [0, 0.1) is 5.92 Å². The molecule has 0 saturated carbocycles. The molecule has 1 aliphatic rings. The van der Waals surface area contributed by atoms with Crippen LogP contribution in [0.5, 0.6) is 0 Å². The van der Waals surface area contributed by atoms with E-state index < -0.39 is 0 Å². The SMILES string of the molecule is C[C@@H]1CCC[C@H](n2cnc(-c3cc(Cl)ccc3Nc3ncccn3)cc2=O)c2cc(ccn2)-c2c(cnn2C)NC1=O. The monoisotopic (exact) mass is 581 g/mol. The molecule has 0 fully saturated rings. The van der Waals surface area contributed by atoms with Crippen LogP contribution in [0.4, 0.5) is 17.3 Å². The Morgan fingerprint density at radius 1 is 1.00 bits per heavy atom. The fourth-order valence-corrected chi connectivity index (χ4v) is 5.37. The van der Waals surface area contributed by atoms with Crippen LogP contribution >= 0.6 is 11.6 Å². The van der Waals surface area contributed by atoms with Gasteiger partial charge in [0.05, 0.1) is 47.0 Å². The van der Waals surface area contributed by atoms with Gasteiger partial charge in [-0.1, -0.05) is 24.9 Å². The molecule has 42 heavy (non-hydrogen) atoms. The van der Waals surface area contributed by atoms with Gasteiger partial charge < -0.3 is 10.6 Å². The van der Waals surface area contributed by atoms with E-state index in [1.807, 2.05) is 26.1 Å². The maximum Gasteiger partial charge on any atom is 0.254 e. The molecule has 0 saturated heterocycles. The van der Waals surface area contributed by atoms with Crippen molar-refractivity contribution in [3.05, 3.63) is 94.6 Å². The maximum atomic E-state index is 13.7. The van der Waals surface area contributed by atoms with Crippen molar-refractivity contribution < 1.29 is 4.79 Å². The summed E-state index contributed by atoms with van der Waals surface area (Å²) in [6.45, 7) is 1.91. The average Bonchev–Trinajstić information content (AvgIpc) is 3.36. The highest BCUT2D eigenvalue weighted by atomic mass is 35.5. The van der Waals surface area contributed by atoms with Gasteiger partial charge in [0.15, 0.2) is 0 Å². The van der Waals surface area contributed by atoms with Gasteiger partial charge in [-0.05, 0) is 49.2 Å². The van der Waals surface area contributed by atoms with E-state index in [0.717, 1.165) is 17.0 Å². The van der Waals surface area contributed by atoms with Crippen molar-refractivity contribution in [1.29, 1.82) is 0 Å². The van der Waals surface area contributed by atoms with E-state index >= 15 is 0 Å². The summed E-state index contributed by atoms with van der Waals surface area (Å²) in [6.07, 6.45) is 10.2. The Labute approximate surface area is 246 Å². The van der Waals surface area contributed by atoms with Crippen molar-refractivity contribution in [2.75, 3.05) is 10.6 Å². The number of halogens is 1. The molecule has 5 aromatic rings. The van der Waals surface area contributed by atoms with Gasteiger partial charge in [0.2, 0.25) is 11.9 Å². The molecule has 12 heteroatoms. The first kappa shape index (κ1) is 27.3. The summed E-state index contributed by atoms with van der Waals surface area (Å²) in [5.41, 5.74) is 4.49. The van der Waals surface area contributed by atoms with Gasteiger partial charge in [0, 0.05) is 53.8 Å². The molecule has 6 rings (SSSR count). The topological polar surface area (TPSA) is 133 Å². The van der Waals surface area contributed by atoms with Gasteiger partial charge in [-0.2, -0.15) is 5.10 Å². The van der Waals surface area contributed by atoms with Crippen LogP contribution in [0.3, 0.4) is 0 Å². The molecule has 0 radical (unpaired) electrons. The van der Waals surface area contributed by atoms with E-state index in [-0.39, 0.29) is 23.4 Å². The first-order valence-electron chi connectivity index (χ1n) is 13.6. The Balaban J connectivity index is 1.40. The molecular formula is C30H28ClN9O2. The van der Waals surface area contributed by atoms with Crippen LogP contribution in [-0.2, 0) is 11.8 Å². The molecule has 11 nitrogen and oxygen atoms in total. The normalized spacial score (nSPS) is 17.0. The fourth-order valence-electron chi connectivity index (χ4n) is 5.20. The van der Waals surface area contributed by atoms with Crippen molar-refractivity contribution in [2.24, 2.45) is 13.0 Å². The van der Waals surface area contributed by atoms with Crippen molar-refractivity contribution in [1.82, 2.24) is 34.3 Å². The highest BCUT2D eigenvalue weighted by molar-refractivity contribution is 6.31. The number of rotatable bonds is 4. The van der Waals surface area contributed by atoms with Crippen LogP contribution in [0.2, 0.25) is 5.02 Å². The number of hydrogen-bond donors (Lipinski definition) is 2.